The molecule has 4 rings (SSSR count). The standard InChI is InChI=1S/C24H30N6O2/c25-14-19(29-26)13-22(31)30-12-4-7-21(30)24(32)28-23(17-5-2-1-3-6-17)20-11-10-18(15-27-20)16-8-9-16/h1-3,5-6,10-11,14-16,21,23,29H,4,7-9,12-13,25-26H2,(H,28,32)/b19-14-. The SMILES string of the molecule is N/C=C(/CC(=O)N1CCCC1C(=O)NC(c1ccccc1)c1ccc(C2CC2)cn1)NN. The van der Waals surface area contributed by atoms with Gasteiger partial charge in [-0.25, -0.2) is 0 Å². The third kappa shape index (κ3) is 4.91. The monoisotopic (exact) mass is 434 g/mol. The Bertz CT molecular complexity index is 972. The van der Waals surface area contributed by atoms with Crippen LogP contribution in [0.15, 0.2) is 60.6 Å². The van der Waals surface area contributed by atoms with Crippen LogP contribution in [-0.2, 0) is 9.59 Å². The van der Waals surface area contributed by atoms with Crippen molar-refractivity contribution in [1.82, 2.24) is 20.6 Å². The highest BCUT2D eigenvalue weighted by Gasteiger charge is 2.35. The van der Waals surface area contributed by atoms with Gasteiger partial charge in [0.25, 0.3) is 0 Å². The highest BCUT2D eigenvalue weighted by molar-refractivity contribution is 5.89. The first-order valence-electron chi connectivity index (χ1n) is 11.1. The van der Waals surface area contributed by atoms with E-state index >= 15 is 0 Å². The van der Waals surface area contributed by atoms with Crippen LogP contribution in [0.5, 0.6) is 0 Å². The predicted molar refractivity (Wildman–Crippen MR) is 122 cm³/mol. The van der Waals surface area contributed by atoms with Gasteiger partial charge >= 0.3 is 0 Å². The summed E-state index contributed by atoms with van der Waals surface area (Å²) in [6.45, 7) is 0.531. The van der Waals surface area contributed by atoms with E-state index < -0.39 is 6.04 Å². The number of nitrogens with one attached hydrogen (secondary N) is 2. The van der Waals surface area contributed by atoms with Gasteiger partial charge < -0.3 is 21.4 Å². The van der Waals surface area contributed by atoms with Crippen LogP contribution in [0.1, 0.15) is 60.9 Å². The molecule has 1 aliphatic carbocycles. The minimum Gasteiger partial charge on any atom is -0.403 e. The number of benzene rings is 1. The topological polar surface area (TPSA) is 126 Å². The number of hydrogen-bond acceptors (Lipinski definition) is 6. The quantitative estimate of drug-likeness (QED) is 0.371. The molecule has 8 heteroatoms. The van der Waals surface area contributed by atoms with Crippen molar-refractivity contribution in [2.45, 2.75) is 50.1 Å². The van der Waals surface area contributed by atoms with Crippen molar-refractivity contribution in [3.05, 3.63) is 77.4 Å². The molecule has 2 aliphatic rings. The number of amides is 2. The van der Waals surface area contributed by atoms with Crippen molar-refractivity contribution in [3.63, 3.8) is 0 Å². The lowest BCUT2D eigenvalue weighted by molar-refractivity contribution is -0.138. The van der Waals surface area contributed by atoms with E-state index in [0.29, 0.717) is 24.6 Å². The van der Waals surface area contributed by atoms with Gasteiger partial charge in [0.2, 0.25) is 11.8 Å². The molecule has 1 aromatic heterocycles. The summed E-state index contributed by atoms with van der Waals surface area (Å²) >= 11 is 0. The Morgan fingerprint density at radius 3 is 2.56 bits per heavy atom. The number of aromatic nitrogens is 1. The first-order chi connectivity index (χ1) is 15.6. The molecule has 0 spiro atoms. The summed E-state index contributed by atoms with van der Waals surface area (Å²) in [6.07, 6.45) is 7.03. The van der Waals surface area contributed by atoms with Crippen LogP contribution >= 0.6 is 0 Å². The van der Waals surface area contributed by atoms with E-state index in [1.54, 1.807) is 4.90 Å². The number of nitrogens with zero attached hydrogens (tertiary/aromatic N) is 2. The molecule has 0 bridgehead atoms. The lowest BCUT2D eigenvalue weighted by atomic mass is 10.0. The molecule has 2 heterocycles. The predicted octanol–water partition coefficient (Wildman–Crippen LogP) is 1.81. The summed E-state index contributed by atoms with van der Waals surface area (Å²) in [5.74, 6) is 5.65. The molecule has 2 unspecified atom stereocenters. The van der Waals surface area contributed by atoms with E-state index in [1.165, 1.54) is 24.6 Å². The summed E-state index contributed by atoms with van der Waals surface area (Å²) in [5, 5.41) is 3.15. The molecule has 0 radical (unpaired) electrons. The van der Waals surface area contributed by atoms with Crippen LogP contribution in [-0.4, -0.2) is 34.3 Å². The molecule has 168 valence electrons. The van der Waals surface area contributed by atoms with E-state index in [4.69, 9.17) is 11.6 Å². The number of pyridine rings is 1. The summed E-state index contributed by atoms with van der Waals surface area (Å²) in [4.78, 5) is 32.4. The van der Waals surface area contributed by atoms with Crippen LogP contribution < -0.4 is 22.3 Å². The molecular weight excluding hydrogens is 404 g/mol. The zero-order chi connectivity index (χ0) is 22.5. The smallest absolute Gasteiger partial charge is 0.243 e. The first-order valence-corrected chi connectivity index (χ1v) is 11.1. The Morgan fingerprint density at radius 2 is 1.94 bits per heavy atom. The van der Waals surface area contributed by atoms with Crippen molar-refractivity contribution in [1.29, 1.82) is 0 Å². The first kappa shape index (κ1) is 21.8. The van der Waals surface area contributed by atoms with Gasteiger partial charge in [-0.1, -0.05) is 36.4 Å². The molecule has 1 saturated carbocycles. The van der Waals surface area contributed by atoms with Crippen LogP contribution in [0.25, 0.3) is 0 Å². The van der Waals surface area contributed by atoms with E-state index in [9.17, 15) is 9.59 Å². The van der Waals surface area contributed by atoms with Crippen LogP contribution in [0.4, 0.5) is 0 Å². The third-order valence-electron chi connectivity index (χ3n) is 6.18. The number of hydrogen-bond donors (Lipinski definition) is 4. The maximum absolute atomic E-state index is 13.3. The average molecular weight is 435 g/mol. The number of hydrazine groups is 1. The normalized spacial score (nSPS) is 19.5. The fourth-order valence-electron chi connectivity index (χ4n) is 4.22. The Hall–Kier alpha value is -3.39. The highest BCUT2D eigenvalue weighted by Crippen LogP contribution is 2.39. The van der Waals surface area contributed by atoms with Crippen molar-refractivity contribution < 1.29 is 9.59 Å². The second kappa shape index (κ2) is 9.82. The molecule has 1 aromatic carbocycles. The Morgan fingerprint density at radius 1 is 1.16 bits per heavy atom. The highest BCUT2D eigenvalue weighted by atomic mass is 16.2. The zero-order valence-electron chi connectivity index (χ0n) is 18.0. The maximum Gasteiger partial charge on any atom is 0.243 e. The molecule has 2 amide bonds. The van der Waals surface area contributed by atoms with Gasteiger partial charge in [-0.3, -0.25) is 20.4 Å². The number of rotatable bonds is 8. The second-order valence-corrected chi connectivity index (χ2v) is 8.40. The summed E-state index contributed by atoms with van der Waals surface area (Å²) in [7, 11) is 0. The molecule has 1 aliphatic heterocycles. The number of carbonyl (C=O) groups is 2. The van der Waals surface area contributed by atoms with Gasteiger partial charge in [0.1, 0.15) is 6.04 Å². The van der Waals surface area contributed by atoms with Crippen molar-refractivity contribution in [2.75, 3.05) is 6.54 Å². The Balaban J connectivity index is 1.52. The lowest BCUT2D eigenvalue weighted by Gasteiger charge is -2.27. The van der Waals surface area contributed by atoms with Gasteiger partial charge in [-0.2, -0.15) is 0 Å². The number of carbonyl (C=O) groups excluding carboxylic acids is 2. The molecule has 6 N–H and O–H groups in total. The van der Waals surface area contributed by atoms with E-state index in [2.05, 4.69) is 21.8 Å². The number of nitrogens with two attached hydrogens (primary N) is 2. The fraction of sp³-hybridized carbons (Fsp3) is 0.375. The van der Waals surface area contributed by atoms with Gasteiger partial charge in [-0.15, -0.1) is 0 Å². The molecule has 2 aromatic rings. The van der Waals surface area contributed by atoms with Gasteiger partial charge in [0.05, 0.1) is 23.9 Å². The van der Waals surface area contributed by atoms with Crippen molar-refractivity contribution in [2.24, 2.45) is 11.6 Å². The average Bonchev–Trinajstić information content (AvgIpc) is 3.57. The maximum atomic E-state index is 13.3. The molecule has 2 atom stereocenters. The van der Waals surface area contributed by atoms with Crippen LogP contribution in [0.2, 0.25) is 0 Å². The minimum absolute atomic E-state index is 0.0308. The van der Waals surface area contributed by atoms with Crippen molar-refractivity contribution >= 4 is 11.8 Å². The fourth-order valence-corrected chi connectivity index (χ4v) is 4.22. The molecule has 2 fully saturated rings. The van der Waals surface area contributed by atoms with E-state index in [1.807, 2.05) is 42.6 Å². The third-order valence-corrected chi connectivity index (χ3v) is 6.18. The van der Waals surface area contributed by atoms with E-state index in [0.717, 1.165) is 17.7 Å². The Kier molecular flexibility index (Phi) is 6.70. The minimum atomic E-state index is -0.531. The molecule has 8 nitrogen and oxygen atoms in total. The second-order valence-electron chi connectivity index (χ2n) is 8.40. The van der Waals surface area contributed by atoms with Gasteiger partial charge in [0.15, 0.2) is 0 Å². The molecule has 32 heavy (non-hydrogen) atoms. The summed E-state index contributed by atoms with van der Waals surface area (Å²) in [6, 6.07) is 13.0. The zero-order valence-corrected chi connectivity index (χ0v) is 18.0. The molecular formula is C24H30N6O2. The molecule has 1 saturated heterocycles. The number of likely N-dealkylation sites (tertiary alicyclic amines) is 1. The lowest BCUT2D eigenvalue weighted by Crippen LogP contribution is -2.47. The van der Waals surface area contributed by atoms with Crippen LogP contribution in [0, 0.1) is 0 Å². The summed E-state index contributed by atoms with van der Waals surface area (Å²) < 4.78 is 0. The van der Waals surface area contributed by atoms with E-state index in [-0.39, 0.29) is 24.3 Å². The van der Waals surface area contributed by atoms with Gasteiger partial charge in [0, 0.05) is 18.9 Å². The summed E-state index contributed by atoms with van der Waals surface area (Å²) in [5.41, 5.74) is 11.3. The Labute approximate surface area is 188 Å². The largest absolute Gasteiger partial charge is 0.403 e. The van der Waals surface area contributed by atoms with Crippen molar-refractivity contribution in [3.8, 4) is 0 Å². The van der Waals surface area contributed by atoms with Crippen LogP contribution in [0.3, 0.4) is 0 Å². The van der Waals surface area contributed by atoms with Gasteiger partial charge in [-0.05, 0) is 48.8 Å².